The summed E-state index contributed by atoms with van der Waals surface area (Å²) in [5, 5.41) is 9.20. The Balaban J connectivity index is 1.87. The molecule has 0 amide bonds. The molecule has 1 aliphatic heterocycles. The molecule has 0 spiro atoms. The van der Waals surface area contributed by atoms with Gasteiger partial charge in [-0.3, -0.25) is 0 Å². The molecule has 1 fully saturated rings. The molecule has 0 saturated carbocycles. The average molecular weight is 224 g/mol. The van der Waals surface area contributed by atoms with Crippen LogP contribution >= 0.6 is 11.3 Å². The number of rotatable bonds is 4. The Morgan fingerprint density at radius 2 is 2.47 bits per heavy atom. The van der Waals surface area contributed by atoms with Gasteiger partial charge in [-0.25, -0.2) is 0 Å². The molecule has 1 saturated heterocycles. The highest BCUT2D eigenvalue weighted by Gasteiger charge is 2.23. The maximum atomic E-state index is 3.65. The van der Waals surface area contributed by atoms with Crippen LogP contribution in [0.4, 0.5) is 0 Å². The lowest BCUT2D eigenvalue weighted by molar-refractivity contribution is 0.434. The van der Waals surface area contributed by atoms with Crippen molar-refractivity contribution in [3.05, 3.63) is 22.4 Å². The summed E-state index contributed by atoms with van der Waals surface area (Å²) < 4.78 is 0. The predicted molar refractivity (Wildman–Crippen MR) is 66.6 cm³/mol. The molecule has 1 aliphatic rings. The van der Waals surface area contributed by atoms with Gasteiger partial charge in [-0.05, 0) is 24.4 Å². The minimum Gasteiger partial charge on any atom is -0.315 e. The Morgan fingerprint density at radius 3 is 3.07 bits per heavy atom. The molecule has 15 heavy (non-hydrogen) atoms. The van der Waals surface area contributed by atoms with Crippen LogP contribution in [0.15, 0.2) is 17.5 Å². The molecule has 0 radical (unpaired) electrons. The third kappa shape index (κ3) is 2.80. The first-order valence-electron chi connectivity index (χ1n) is 5.66. The Hall–Kier alpha value is -0.380. The number of thiophene rings is 1. The fourth-order valence-electron chi connectivity index (χ4n) is 1.98. The first kappa shape index (κ1) is 11.1. The summed E-state index contributed by atoms with van der Waals surface area (Å²) in [7, 11) is 0. The lowest BCUT2D eigenvalue weighted by Crippen LogP contribution is -2.39. The van der Waals surface area contributed by atoms with Crippen LogP contribution < -0.4 is 10.6 Å². The highest BCUT2D eigenvalue weighted by Crippen LogP contribution is 2.26. The fraction of sp³-hybridized carbons (Fsp3) is 0.667. The summed E-state index contributed by atoms with van der Waals surface area (Å²) in [6, 6.07) is 5.04. The standard InChI is InChI=1S/C12H20N2S/c1-12(2,11-4-3-7-15-11)9-14-10-5-6-13-8-10/h3-4,7,10,13-14H,5-6,8-9H2,1-2H3. The van der Waals surface area contributed by atoms with Crippen molar-refractivity contribution in [2.75, 3.05) is 19.6 Å². The molecule has 1 aromatic rings. The van der Waals surface area contributed by atoms with E-state index >= 15 is 0 Å². The van der Waals surface area contributed by atoms with Crippen LogP contribution in [0.3, 0.4) is 0 Å². The molecule has 84 valence electrons. The first-order valence-corrected chi connectivity index (χ1v) is 6.54. The average Bonchev–Trinajstić information content (AvgIpc) is 2.88. The minimum absolute atomic E-state index is 0.261. The Labute approximate surface area is 96.1 Å². The second-order valence-corrected chi connectivity index (χ2v) is 5.88. The van der Waals surface area contributed by atoms with E-state index in [0.29, 0.717) is 6.04 Å². The van der Waals surface area contributed by atoms with Crippen molar-refractivity contribution in [1.29, 1.82) is 0 Å². The molecule has 1 unspecified atom stereocenters. The van der Waals surface area contributed by atoms with Crippen molar-refractivity contribution >= 4 is 11.3 Å². The molecular weight excluding hydrogens is 204 g/mol. The molecule has 0 bridgehead atoms. The van der Waals surface area contributed by atoms with E-state index in [9.17, 15) is 0 Å². The van der Waals surface area contributed by atoms with Gasteiger partial charge in [-0.1, -0.05) is 19.9 Å². The van der Waals surface area contributed by atoms with Crippen molar-refractivity contribution in [2.24, 2.45) is 0 Å². The molecule has 2 rings (SSSR count). The van der Waals surface area contributed by atoms with Gasteiger partial charge < -0.3 is 10.6 Å². The van der Waals surface area contributed by atoms with Gasteiger partial charge >= 0.3 is 0 Å². The van der Waals surface area contributed by atoms with Gasteiger partial charge in [0.15, 0.2) is 0 Å². The molecule has 0 aliphatic carbocycles. The van der Waals surface area contributed by atoms with E-state index in [-0.39, 0.29) is 5.41 Å². The molecular formula is C12H20N2S. The van der Waals surface area contributed by atoms with Crippen LogP contribution in [0.1, 0.15) is 25.1 Å². The van der Waals surface area contributed by atoms with Crippen molar-refractivity contribution in [1.82, 2.24) is 10.6 Å². The van der Waals surface area contributed by atoms with Gasteiger partial charge in [0.1, 0.15) is 0 Å². The minimum atomic E-state index is 0.261. The van der Waals surface area contributed by atoms with Gasteiger partial charge in [-0.2, -0.15) is 0 Å². The van der Waals surface area contributed by atoms with Crippen molar-refractivity contribution in [3.63, 3.8) is 0 Å². The summed E-state index contributed by atoms with van der Waals surface area (Å²) in [6.07, 6.45) is 1.26. The number of hydrogen-bond donors (Lipinski definition) is 2. The summed E-state index contributed by atoms with van der Waals surface area (Å²) >= 11 is 1.86. The van der Waals surface area contributed by atoms with Gasteiger partial charge in [0, 0.05) is 29.4 Å². The first-order chi connectivity index (χ1) is 7.18. The molecule has 2 nitrogen and oxygen atoms in total. The van der Waals surface area contributed by atoms with Gasteiger partial charge in [0.05, 0.1) is 0 Å². The van der Waals surface area contributed by atoms with Crippen LogP contribution in [0.25, 0.3) is 0 Å². The molecule has 0 aromatic carbocycles. The largest absolute Gasteiger partial charge is 0.315 e. The van der Waals surface area contributed by atoms with E-state index in [1.807, 2.05) is 11.3 Å². The SMILES string of the molecule is CC(C)(CNC1CCNC1)c1cccs1. The van der Waals surface area contributed by atoms with E-state index in [0.717, 1.165) is 19.6 Å². The Morgan fingerprint density at radius 1 is 1.60 bits per heavy atom. The van der Waals surface area contributed by atoms with Crippen LogP contribution in [-0.4, -0.2) is 25.7 Å². The summed E-state index contributed by atoms with van der Waals surface area (Å²) in [6.45, 7) is 7.99. The summed E-state index contributed by atoms with van der Waals surface area (Å²) in [4.78, 5) is 1.47. The number of nitrogens with one attached hydrogen (secondary N) is 2. The van der Waals surface area contributed by atoms with Crippen molar-refractivity contribution in [2.45, 2.75) is 31.7 Å². The summed E-state index contributed by atoms with van der Waals surface area (Å²) in [5.74, 6) is 0. The van der Waals surface area contributed by atoms with Crippen LogP contribution in [-0.2, 0) is 5.41 Å². The lowest BCUT2D eigenvalue weighted by Gasteiger charge is -2.25. The smallest absolute Gasteiger partial charge is 0.0204 e. The predicted octanol–water partition coefficient (Wildman–Crippen LogP) is 1.98. The monoisotopic (exact) mass is 224 g/mol. The Kier molecular flexibility index (Phi) is 3.44. The quantitative estimate of drug-likeness (QED) is 0.817. The lowest BCUT2D eigenvalue weighted by atomic mass is 9.91. The molecule has 2 heterocycles. The van der Waals surface area contributed by atoms with Gasteiger partial charge in [0.25, 0.3) is 0 Å². The van der Waals surface area contributed by atoms with Crippen molar-refractivity contribution < 1.29 is 0 Å². The van der Waals surface area contributed by atoms with Gasteiger partial charge in [-0.15, -0.1) is 11.3 Å². The summed E-state index contributed by atoms with van der Waals surface area (Å²) in [5.41, 5.74) is 0.261. The van der Waals surface area contributed by atoms with Crippen molar-refractivity contribution in [3.8, 4) is 0 Å². The van der Waals surface area contributed by atoms with E-state index in [4.69, 9.17) is 0 Å². The molecule has 1 atom stereocenters. The topological polar surface area (TPSA) is 24.1 Å². The maximum absolute atomic E-state index is 3.65. The second-order valence-electron chi connectivity index (χ2n) is 4.93. The fourth-order valence-corrected chi connectivity index (χ4v) is 2.83. The highest BCUT2D eigenvalue weighted by molar-refractivity contribution is 7.10. The molecule has 2 N–H and O–H groups in total. The van der Waals surface area contributed by atoms with Crippen LogP contribution in [0.5, 0.6) is 0 Å². The van der Waals surface area contributed by atoms with E-state index in [2.05, 4.69) is 42.0 Å². The third-order valence-electron chi connectivity index (χ3n) is 3.08. The normalized spacial score (nSPS) is 22.1. The molecule has 1 aromatic heterocycles. The van der Waals surface area contributed by atoms with Crippen LogP contribution in [0, 0.1) is 0 Å². The zero-order chi connectivity index (χ0) is 10.7. The Bertz CT molecular complexity index is 287. The zero-order valence-electron chi connectivity index (χ0n) is 9.55. The highest BCUT2D eigenvalue weighted by atomic mass is 32.1. The van der Waals surface area contributed by atoms with Gasteiger partial charge in [0.2, 0.25) is 0 Å². The maximum Gasteiger partial charge on any atom is 0.0204 e. The van der Waals surface area contributed by atoms with E-state index in [1.165, 1.54) is 11.3 Å². The van der Waals surface area contributed by atoms with E-state index < -0.39 is 0 Å². The number of hydrogen-bond acceptors (Lipinski definition) is 3. The van der Waals surface area contributed by atoms with Crippen LogP contribution in [0.2, 0.25) is 0 Å². The second kappa shape index (κ2) is 4.64. The van der Waals surface area contributed by atoms with E-state index in [1.54, 1.807) is 0 Å². The zero-order valence-corrected chi connectivity index (χ0v) is 10.4. The third-order valence-corrected chi connectivity index (χ3v) is 4.32. The molecule has 3 heteroatoms.